The smallest absolute Gasteiger partial charge is 0.285 e. The molecule has 3 aromatic carbocycles. The first kappa shape index (κ1) is 34.7. The molecule has 0 radical (unpaired) electrons. The van der Waals surface area contributed by atoms with Gasteiger partial charge in [0.1, 0.15) is 26.3 Å². The van der Waals surface area contributed by atoms with Gasteiger partial charge in [-0.25, -0.2) is 25.4 Å². The Labute approximate surface area is 275 Å². The molecule has 0 spiro atoms. The van der Waals surface area contributed by atoms with E-state index < -0.39 is 31.9 Å². The number of methoxy groups -OCH3 is 1. The van der Waals surface area contributed by atoms with Gasteiger partial charge in [-0.1, -0.05) is 99.0 Å². The maximum atomic E-state index is 13.1. The lowest BCUT2D eigenvalue weighted by Gasteiger charge is -2.16. The molecule has 0 saturated heterocycles. The van der Waals surface area contributed by atoms with Crippen molar-refractivity contribution < 1.29 is 31.2 Å². The second-order valence-corrected chi connectivity index (χ2v) is 14.4. The lowest BCUT2D eigenvalue weighted by atomic mass is 10.1. The maximum Gasteiger partial charge on any atom is 0.285 e. The van der Waals surface area contributed by atoms with Crippen molar-refractivity contribution in [2.75, 3.05) is 25.5 Å². The van der Waals surface area contributed by atoms with Crippen molar-refractivity contribution in [3.8, 4) is 5.75 Å². The summed E-state index contributed by atoms with van der Waals surface area (Å²) in [5.74, 6) is -0.486. The van der Waals surface area contributed by atoms with Crippen LogP contribution in [0.1, 0.15) is 50.7 Å². The summed E-state index contributed by atoms with van der Waals surface area (Å²) < 4.78 is 57.9. The highest BCUT2D eigenvalue weighted by atomic mass is 35.5. The largest absolute Gasteiger partial charge is 0.497 e. The summed E-state index contributed by atoms with van der Waals surface area (Å²) in [6.45, 7) is 4.22. The summed E-state index contributed by atoms with van der Waals surface area (Å²) in [5, 5.41) is 2.79. The molecule has 2 aliphatic heterocycles. The zero-order valence-corrected chi connectivity index (χ0v) is 28.2. The maximum absolute atomic E-state index is 13.1. The second-order valence-electron chi connectivity index (χ2n) is 10.4. The first-order valence-electron chi connectivity index (χ1n) is 14.8. The van der Waals surface area contributed by atoms with Crippen molar-refractivity contribution >= 4 is 59.0 Å². The lowest BCUT2D eigenvalue weighted by Crippen LogP contribution is -2.33. The average Bonchev–Trinajstić information content (AvgIpc) is 3.35. The van der Waals surface area contributed by atoms with Gasteiger partial charge in [-0.05, 0) is 48.2 Å². The molecule has 3 aromatic rings. The highest BCUT2D eigenvalue weighted by Crippen LogP contribution is 2.38. The van der Waals surface area contributed by atoms with E-state index in [2.05, 4.69) is 5.32 Å². The summed E-state index contributed by atoms with van der Waals surface area (Å²) >= 11 is 5.93. The second kappa shape index (κ2) is 15.0. The molecule has 0 atom stereocenters. The summed E-state index contributed by atoms with van der Waals surface area (Å²) in [5.41, 5.74) is 1.61. The van der Waals surface area contributed by atoms with Crippen LogP contribution in [0.2, 0.25) is 0 Å². The number of anilines is 1. The van der Waals surface area contributed by atoms with Crippen LogP contribution in [0.5, 0.6) is 5.75 Å². The molecule has 1 N–H and O–H groups in total. The van der Waals surface area contributed by atoms with E-state index in [9.17, 15) is 26.4 Å². The fourth-order valence-corrected chi connectivity index (χ4v) is 8.76. The van der Waals surface area contributed by atoms with Crippen LogP contribution in [0.15, 0.2) is 95.7 Å². The lowest BCUT2D eigenvalue weighted by molar-refractivity contribution is -0.122. The molecule has 0 unspecified atom stereocenters. The number of rotatable bonds is 11. The fourth-order valence-electron chi connectivity index (χ4n) is 4.83. The van der Waals surface area contributed by atoms with E-state index in [0.717, 1.165) is 21.5 Å². The Balaban J connectivity index is 0.000000222. The predicted octanol–water partition coefficient (Wildman–Crippen LogP) is 6.01. The number of unbranched alkanes of at least 4 members (excludes halogenated alkanes) is 2. The monoisotopic (exact) mass is 685 g/mol. The van der Waals surface area contributed by atoms with Crippen molar-refractivity contribution in [1.82, 2.24) is 8.61 Å². The van der Waals surface area contributed by atoms with Gasteiger partial charge in [-0.15, -0.1) is 0 Å². The highest BCUT2D eigenvalue weighted by molar-refractivity contribution is 8.00. The van der Waals surface area contributed by atoms with E-state index in [1.54, 1.807) is 92.0 Å². The molecule has 13 heteroatoms. The normalized spacial score (nSPS) is 16.9. The molecule has 0 bridgehead atoms. The third-order valence-corrected chi connectivity index (χ3v) is 11.5. The molecule has 244 valence electrons. The van der Waals surface area contributed by atoms with Gasteiger partial charge in [0.05, 0.1) is 7.11 Å². The van der Waals surface area contributed by atoms with Gasteiger partial charge in [-0.2, -0.15) is 0 Å². The minimum absolute atomic E-state index is 0.0139. The van der Waals surface area contributed by atoms with Gasteiger partial charge in [0.2, 0.25) is 0 Å². The van der Waals surface area contributed by atoms with E-state index in [1.807, 2.05) is 13.8 Å². The van der Waals surface area contributed by atoms with Crippen LogP contribution >= 0.6 is 11.6 Å². The van der Waals surface area contributed by atoms with Gasteiger partial charge in [-0.3, -0.25) is 9.59 Å². The third kappa shape index (κ3) is 7.14. The molecule has 10 nitrogen and oxygen atoms in total. The SMILES string of the molecule is CCCCN1C(=O)C(Cl)=C(c2ccccc2)S1(=O)=O.CCCCN1C(=O)C(Nc2ccc(OC)cc2)=C(c2ccccc2)S1(=O)=O. The van der Waals surface area contributed by atoms with Crippen LogP contribution in [-0.4, -0.2) is 57.5 Å². The number of halogens is 1. The van der Waals surface area contributed by atoms with Crippen molar-refractivity contribution in [3.63, 3.8) is 0 Å². The molecule has 2 heterocycles. The molecular formula is C33H36ClN3O7S2. The molecule has 0 saturated carbocycles. The average molecular weight is 686 g/mol. The summed E-state index contributed by atoms with van der Waals surface area (Å²) in [7, 11) is -6.16. The van der Waals surface area contributed by atoms with Crippen molar-refractivity contribution in [2.45, 2.75) is 39.5 Å². The Morgan fingerprint density at radius 3 is 1.61 bits per heavy atom. The topological polar surface area (TPSA) is 130 Å². The van der Waals surface area contributed by atoms with Crippen LogP contribution in [0.4, 0.5) is 5.69 Å². The number of carbonyl (C=O) groups is 2. The quantitative estimate of drug-likeness (QED) is 0.260. The van der Waals surface area contributed by atoms with E-state index >= 15 is 0 Å². The van der Waals surface area contributed by atoms with Gasteiger partial charge in [0.15, 0.2) is 0 Å². The van der Waals surface area contributed by atoms with Crippen LogP contribution in [0.25, 0.3) is 9.81 Å². The number of carbonyl (C=O) groups excluding carboxylic acids is 2. The number of nitrogens with zero attached hydrogens (tertiary/aromatic N) is 2. The number of benzene rings is 3. The molecular weight excluding hydrogens is 650 g/mol. The Hall–Kier alpha value is -4.13. The molecule has 2 amide bonds. The van der Waals surface area contributed by atoms with Crippen LogP contribution in [-0.2, 0) is 29.6 Å². The first-order valence-corrected chi connectivity index (χ1v) is 18.0. The Kier molecular flexibility index (Phi) is 11.3. The number of hydrogen-bond acceptors (Lipinski definition) is 8. The van der Waals surface area contributed by atoms with Crippen LogP contribution in [0, 0.1) is 0 Å². The summed E-state index contributed by atoms with van der Waals surface area (Å²) in [6, 6.07) is 24.1. The van der Waals surface area contributed by atoms with Crippen molar-refractivity contribution in [2.24, 2.45) is 0 Å². The van der Waals surface area contributed by atoms with E-state index in [0.29, 0.717) is 35.4 Å². The minimum Gasteiger partial charge on any atom is -0.497 e. The highest BCUT2D eigenvalue weighted by Gasteiger charge is 2.44. The number of nitrogens with one attached hydrogen (secondary N) is 1. The Morgan fingerprint density at radius 1 is 0.674 bits per heavy atom. The number of amides is 2. The summed E-state index contributed by atoms with van der Waals surface area (Å²) in [4.78, 5) is 24.8. The van der Waals surface area contributed by atoms with Crippen molar-refractivity contribution in [1.29, 1.82) is 0 Å². The first-order chi connectivity index (χ1) is 22.0. The number of hydrogen-bond donors (Lipinski definition) is 1. The fraction of sp³-hybridized carbons (Fsp3) is 0.273. The standard InChI is InChI=1S/C20H22N2O4S.C13H14ClNO3S/c1-3-4-14-22-20(23)18(21-16-10-12-17(26-2)13-11-16)19(27(22,24)25)15-8-6-5-7-9-15;1-2-3-9-15-13(16)11(14)12(19(15,17)18)10-7-5-4-6-8-10/h5-13,21H,3-4,14H2,1-2H3;4-8H,2-3,9H2,1H3. The predicted molar refractivity (Wildman–Crippen MR) is 180 cm³/mol. The molecule has 2 aliphatic rings. The minimum atomic E-state index is -3.91. The number of ether oxygens (including phenoxy) is 1. The Morgan fingerprint density at radius 2 is 1.13 bits per heavy atom. The van der Waals surface area contributed by atoms with Gasteiger partial charge >= 0.3 is 0 Å². The van der Waals surface area contributed by atoms with Gasteiger partial charge < -0.3 is 10.1 Å². The molecule has 0 aliphatic carbocycles. The van der Waals surface area contributed by atoms with Crippen LogP contribution in [0.3, 0.4) is 0 Å². The molecule has 0 aromatic heterocycles. The third-order valence-electron chi connectivity index (χ3n) is 7.24. The molecule has 0 fully saturated rings. The zero-order chi connectivity index (χ0) is 33.5. The van der Waals surface area contributed by atoms with E-state index in [1.165, 1.54) is 0 Å². The molecule has 46 heavy (non-hydrogen) atoms. The molecule has 5 rings (SSSR count). The van der Waals surface area contributed by atoms with Crippen LogP contribution < -0.4 is 10.1 Å². The van der Waals surface area contributed by atoms with E-state index in [-0.39, 0.29) is 33.6 Å². The van der Waals surface area contributed by atoms with Crippen molar-refractivity contribution in [3.05, 3.63) is 107 Å². The number of sulfonamides is 2. The Bertz CT molecular complexity index is 1840. The van der Waals surface area contributed by atoms with Gasteiger partial charge in [0, 0.05) is 18.8 Å². The van der Waals surface area contributed by atoms with Gasteiger partial charge in [0.25, 0.3) is 31.9 Å². The zero-order valence-electron chi connectivity index (χ0n) is 25.8. The van der Waals surface area contributed by atoms with E-state index in [4.69, 9.17) is 16.3 Å². The summed E-state index contributed by atoms with van der Waals surface area (Å²) in [6.07, 6.45) is 2.83.